The molecule has 6 heteroatoms. The molecule has 4 nitrogen and oxygen atoms in total. The zero-order chi connectivity index (χ0) is 19.4. The molecule has 1 aliphatic rings. The van der Waals surface area contributed by atoms with E-state index in [2.05, 4.69) is 20.8 Å². The Labute approximate surface area is 166 Å². The van der Waals surface area contributed by atoms with Crippen molar-refractivity contribution >= 4 is 42.4 Å². The fourth-order valence-electron chi connectivity index (χ4n) is 2.95. The van der Waals surface area contributed by atoms with Crippen molar-refractivity contribution in [1.82, 2.24) is 4.31 Å². The summed E-state index contributed by atoms with van der Waals surface area (Å²) in [5, 5.41) is 2.06. The van der Waals surface area contributed by atoms with Crippen LogP contribution in [0.1, 0.15) is 27.2 Å². The lowest BCUT2D eigenvalue weighted by atomic mass is 9.80. The standard InChI is InChI=1S/C21H24NO3SSi/c1-21(2,3)18-14-19(23)22(18)26-20(24)15-25-27(16-10-6-4-7-11-16)17-12-8-5-9-13-17/h4-13,18H,14-15H2,1-3H3. The van der Waals surface area contributed by atoms with E-state index in [4.69, 9.17) is 4.43 Å². The number of rotatable bonds is 6. The highest BCUT2D eigenvalue weighted by Gasteiger charge is 2.45. The molecule has 0 saturated carbocycles. The first-order chi connectivity index (χ1) is 12.9. The Morgan fingerprint density at radius 2 is 1.59 bits per heavy atom. The van der Waals surface area contributed by atoms with Crippen molar-refractivity contribution in [3.8, 4) is 0 Å². The molecule has 1 unspecified atom stereocenters. The van der Waals surface area contributed by atoms with Gasteiger partial charge in [-0.05, 0) is 15.8 Å². The van der Waals surface area contributed by atoms with Gasteiger partial charge in [-0.3, -0.25) is 13.9 Å². The fraction of sp³-hybridized carbons (Fsp3) is 0.333. The molecule has 141 valence electrons. The van der Waals surface area contributed by atoms with Gasteiger partial charge in [0.1, 0.15) is 6.61 Å². The number of carbonyl (C=O) groups is 2. The van der Waals surface area contributed by atoms with E-state index in [9.17, 15) is 9.59 Å². The van der Waals surface area contributed by atoms with Crippen LogP contribution in [-0.4, -0.2) is 37.0 Å². The highest BCUT2D eigenvalue weighted by Crippen LogP contribution is 2.39. The van der Waals surface area contributed by atoms with Crippen molar-refractivity contribution in [1.29, 1.82) is 0 Å². The van der Waals surface area contributed by atoms with E-state index in [-0.39, 0.29) is 29.1 Å². The van der Waals surface area contributed by atoms with Crippen LogP contribution < -0.4 is 10.4 Å². The van der Waals surface area contributed by atoms with Crippen molar-refractivity contribution in [2.75, 3.05) is 6.61 Å². The van der Waals surface area contributed by atoms with Gasteiger partial charge in [-0.15, -0.1) is 0 Å². The summed E-state index contributed by atoms with van der Waals surface area (Å²) in [7, 11) is -1.51. The molecule has 1 aliphatic heterocycles. The van der Waals surface area contributed by atoms with E-state index >= 15 is 0 Å². The van der Waals surface area contributed by atoms with Crippen LogP contribution in [0.25, 0.3) is 0 Å². The number of carbonyl (C=O) groups excluding carboxylic acids is 2. The minimum Gasteiger partial charge on any atom is -0.399 e. The fourth-order valence-corrected chi connectivity index (χ4v) is 6.01. The second-order valence-electron chi connectivity index (χ2n) is 7.62. The topological polar surface area (TPSA) is 46.6 Å². The smallest absolute Gasteiger partial charge is 0.283 e. The van der Waals surface area contributed by atoms with E-state index in [1.165, 1.54) is 0 Å². The van der Waals surface area contributed by atoms with Gasteiger partial charge in [0.25, 0.3) is 9.04 Å². The van der Waals surface area contributed by atoms with Crippen molar-refractivity contribution < 1.29 is 14.0 Å². The Hall–Kier alpha value is -1.89. The van der Waals surface area contributed by atoms with Crippen LogP contribution in [0.15, 0.2) is 60.7 Å². The van der Waals surface area contributed by atoms with Crippen molar-refractivity contribution in [3.63, 3.8) is 0 Å². The van der Waals surface area contributed by atoms with Gasteiger partial charge >= 0.3 is 0 Å². The lowest BCUT2D eigenvalue weighted by Gasteiger charge is -2.46. The quantitative estimate of drug-likeness (QED) is 0.426. The van der Waals surface area contributed by atoms with E-state index in [0.717, 1.165) is 22.3 Å². The summed E-state index contributed by atoms with van der Waals surface area (Å²) in [5.74, 6) is 0.0184. The molecule has 27 heavy (non-hydrogen) atoms. The minimum atomic E-state index is -1.51. The first kappa shape index (κ1) is 19.9. The molecule has 1 saturated heterocycles. The number of hydrogen-bond donors (Lipinski definition) is 0. The Morgan fingerprint density at radius 1 is 1.07 bits per heavy atom. The SMILES string of the molecule is CC(C)(C)C1CC(=O)N1SC(=O)CO[Si](c1ccccc1)c1ccccc1. The second kappa shape index (κ2) is 8.42. The molecule has 0 aromatic heterocycles. The van der Waals surface area contributed by atoms with Gasteiger partial charge in [-0.25, -0.2) is 0 Å². The zero-order valence-corrected chi connectivity index (χ0v) is 17.7. The van der Waals surface area contributed by atoms with Crippen LogP contribution in [0.5, 0.6) is 0 Å². The first-order valence-electron chi connectivity index (χ1n) is 8.99. The van der Waals surface area contributed by atoms with Gasteiger partial charge in [-0.2, -0.15) is 0 Å². The molecule has 2 aromatic rings. The van der Waals surface area contributed by atoms with Gasteiger partial charge in [0.15, 0.2) is 0 Å². The zero-order valence-electron chi connectivity index (χ0n) is 15.8. The van der Waals surface area contributed by atoms with Gasteiger partial charge < -0.3 is 4.43 Å². The molecule has 0 aliphatic carbocycles. The maximum Gasteiger partial charge on any atom is 0.283 e. The number of benzene rings is 2. The Kier molecular flexibility index (Phi) is 6.19. The minimum absolute atomic E-state index is 0.0105. The number of nitrogens with zero attached hydrogens (tertiary/aromatic N) is 1. The normalized spacial score (nSPS) is 17.1. The van der Waals surface area contributed by atoms with Gasteiger partial charge in [0, 0.05) is 18.4 Å². The lowest BCUT2D eigenvalue weighted by molar-refractivity contribution is -0.141. The highest BCUT2D eigenvalue weighted by molar-refractivity contribution is 8.12. The largest absolute Gasteiger partial charge is 0.399 e. The van der Waals surface area contributed by atoms with Gasteiger partial charge in [-0.1, -0.05) is 81.4 Å². The van der Waals surface area contributed by atoms with Gasteiger partial charge in [0.2, 0.25) is 11.0 Å². The average Bonchev–Trinajstić information content (AvgIpc) is 2.65. The van der Waals surface area contributed by atoms with Crippen LogP contribution in [0.2, 0.25) is 0 Å². The summed E-state index contributed by atoms with van der Waals surface area (Å²) in [4.78, 5) is 24.4. The molecule has 0 spiro atoms. The molecule has 1 heterocycles. The van der Waals surface area contributed by atoms with Crippen LogP contribution in [0, 0.1) is 5.41 Å². The molecule has 0 bridgehead atoms. The summed E-state index contributed by atoms with van der Waals surface area (Å²) in [5.41, 5.74) is -0.0366. The Morgan fingerprint density at radius 3 is 2.04 bits per heavy atom. The molecule has 1 fully saturated rings. The highest BCUT2D eigenvalue weighted by atomic mass is 32.2. The van der Waals surface area contributed by atoms with E-state index < -0.39 is 9.04 Å². The monoisotopic (exact) mass is 398 g/mol. The van der Waals surface area contributed by atoms with E-state index in [0.29, 0.717) is 6.42 Å². The third-order valence-electron chi connectivity index (χ3n) is 4.50. The predicted octanol–water partition coefficient (Wildman–Crippen LogP) is 2.63. The summed E-state index contributed by atoms with van der Waals surface area (Å²) < 4.78 is 7.71. The summed E-state index contributed by atoms with van der Waals surface area (Å²) in [6.45, 7) is 6.25. The molecular weight excluding hydrogens is 374 g/mol. The van der Waals surface area contributed by atoms with Crippen molar-refractivity contribution in [2.24, 2.45) is 5.41 Å². The van der Waals surface area contributed by atoms with Crippen molar-refractivity contribution in [2.45, 2.75) is 33.2 Å². The molecule has 3 rings (SSSR count). The third kappa shape index (κ3) is 4.89. The van der Waals surface area contributed by atoms with E-state index in [1.54, 1.807) is 4.31 Å². The maximum absolute atomic E-state index is 12.5. The molecule has 1 atom stereocenters. The average molecular weight is 399 g/mol. The molecule has 2 aromatic carbocycles. The molecule has 1 amide bonds. The van der Waals surface area contributed by atoms with Crippen LogP contribution in [0.3, 0.4) is 0 Å². The summed E-state index contributed by atoms with van der Waals surface area (Å²) >= 11 is 0.998. The van der Waals surface area contributed by atoms with Gasteiger partial charge in [0.05, 0.1) is 6.04 Å². The number of β-lactam (4-membered cyclic amide) rings is 1. The summed E-state index contributed by atoms with van der Waals surface area (Å²) in [6, 6.07) is 20.1. The van der Waals surface area contributed by atoms with Crippen molar-refractivity contribution in [3.05, 3.63) is 60.7 Å². The third-order valence-corrected chi connectivity index (χ3v) is 7.63. The lowest BCUT2D eigenvalue weighted by Crippen LogP contribution is -2.55. The van der Waals surface area contributed by atoms with Crippen LogP contribution in [0.4, 0.5) is 0 Å². The molecular formula is C21H24NO3SSi. The summed E-state index contributed by atoms with van der Waals surface area (Å²) in [6.07, 6.45) is 0.508. The predicted molar refractivity (Wildman–Crippen MR) is 111 cm³/mol. The molecule has 1 radical (unpaired) electrons. The first-order valence-corrected chi connectivity index (χ1v) is 11.2. The van der Waals surface area contributed by atoms with Crippen LogP contribution in [-0.2, 0) is 14.0 Å². The number of amides is 1. The Balaban J connectivity index is 1.65. The number of hydrogen-bond acceptors (Lipinski definition) is 4. The second-order valence-corrected chi connectivity index (χ2v) is 10.8. The Bertz CT molecular complexity index is 753. The van der Waals surface area contributed by atoms with Crippen LogP contribution >= 0.6 is 11.9 Å². The maximum atomic E-state index is 12.5. The van der Waals surface area contributed by atoms with E-state index in [1.807, 2.05) is 60.7 Å². The molecule has 0 N–H and O–H groups in total.